The zero-order chi connectivity index (χ0) is 25.3. The lowest BCUT2D eigenvalue weighted by atomic mass is 10.0. The fourth-order valence-electron chi connectivity index (χ4n) is 5.37. The molecule has 2 fully saturated rings. The van der Waals surface area contributed by atoms with Crippen LogP contribution < -0.4 is 4.90 Å². The first-order valence-corrected chi connectivity index (χ1v) is 16.6. The molecule has 192 valence electrons. The van der Waals surface area contributed by atoms with Gasteiger partial charge in [0.1, 0.15) is 24.7 Å². The number of hydrogen-bond acceptors (Lipinski definition) is 6. The molecule has 3 atom stereocenters. The van der Waals surface area contributed by atoms with Crippen molar-refractivity contribution in [2.45, 2.75) is 63.9 Å². The third kappa shape index (κ3) is 5.42. The Kier molecular flexibility index (Phi) is 7.03. The van der Waals surface area contributed by atoms with E-state index in [1.54, 1.807) is 4.90 Å². The standard InChI is InChI=1S/C27H37N5O3Si/c1-30(27(33)35-18-20-8-6-5-7-9-20)24-15-22-14-21(24)17-32(22)25-16-28-26-23(29-25)10-11-31(26)19-34-12-13-36(2,3)4/h5-11,16,21-22,24H,12-15,17-19H2,1-4H3/t21-,22-,24+/m0/s1. The van der Waals surface area contributed by atoms with Gasteiger partial charge in [-0.15, -0.1) is 0 Å². The molecule has 0 N–H and O–H groups in total. The van der Waals surface area contributed by atoms with Crippen LogP contribution in [0.25, 0.3) is 11.2 Å². The Labute approximate surface area is 214 Å². The van der Waals surface area contributed by atoms with E-state index in [2.05, 4.69) is 24.5 Å². The van der Waals surface area contributed by atoms with E-state index in [9.17, 15) is 4.79 Å². The van der Waals surface area contributed by atoms with E-state index in [0.29, 0.717) is 25.3 Å². The Morgan fingerprint density at radius 3 is 2.69 bits per heavy atom. The Morgan fingerprint density at radius 1 is 1.17 bits per heavy atom. The molecule has 2 aromatic heterocycles. The van der Waals surface area contributed by atoms with Crippen molar-refractivity contribution in [1.82, 2.24) is 19.4 Å². The summed E-state index contributed by atoms with van der Waals surface area (Å²) in [7, 11) is 0.769. The molecular weight excluding hydrogens is 470 g/mol. The van der Waals surface area contributed by atoms with Crippen LogP contribution in [0.3, 0.4) is 0 Å². The lowest BCUT2D eigenvalue weighted by molar-refractivity contribution is 0.0825. The molecule has 0 radical (unpaired) electrons. The van der Waals surface area contributed by atoms with Gasteiger partial charge in [-0.2, -0.15) is 0 Å². The molecule has 1 saturated heterocycles. The van der Waals surface area contributed by atoms with E-state index in [1.807, 2.05) is 60.4 Å². The molecule has 1 aromatic carbocycles. The minimum atomic E-state index is -1.10. The lowest BCUT2D eigenvalue weighted by Crippen LogP contribution is -2.47. The van der Waals surface area contributed by atoms with Crippen molar-refractivity contribution in [2.75, 3.05) is 25.1 Å². The van der Waals surface area contributed by atoms with Gasteiger partial charge in [0.2, 0.25) is 0 Å². The van der Waals surface area contributed by atoms with Crippen LogP contribution in [0.2, 0.25) is 25.7 Å². The van der Waals surface area contributed by atoms with Gasteiger partial charge in [-0.3, -0.25) is 0 Å². The molecule has 1 aliphatic carbocycles. The van der Waals surface area contributed by atoms with E-state index in [-0.39, 0.29) is 12.1 Å². The molecule has 5 rings (SSSR count). The van der Waals surface area contributed by atoms with Crippen LogP contribution in [-0.4, -0.2) is 65.9 Å². The monoisotopic (exact) mass is 507 g/mol. The van der Waals surface area contributed by atoms with Crippen molar-refractivity contribution in [3.05, 3.63) is 54.4 Å². The molecule has 0 unspecified atom stereocenters. The summed E-state index contributed by atoms with van der Waals surface area (Å²) in [5.41, 5.74) is 2.75. The first-order chi connectivity index (χ1) is 17.3. The van der Waals surface area contributed by atoms with Crippen molar-refractivity contribution in [3.63, 3.8) is 0 Å². The van der Waals surface area contributed by atoms with Crippen LogP contribution in [0, 0.1) is 5.92 Å². The topological polar surface area (TPSA) is 72.7 Å². The van der Waals surface area contributed by atoms with Crippen molar-refractivity contribution < 1.29 is 14.3 Å². The minimum absolute atomic E-state index is 0.195. The van der Waals surface area contributed by atoms with Crippen LogP contribution in [0.1, 0.15) is 18.4 Å². The van der Waals surface area contributed by atoms with Crippen LogP contribution in [0.5, 0.6) is 0 Å². The Morgan fingerprint density at radius 2 is 1.97 bits per heavy atom. The number of rotatable bonds is 9. The molecule has 1 saturated carbocycles. The van der Waals surface area contributed by atoms with Crippen LogP contribution >= 0.6 is 0 Å². The number of benzene rings is 1. The smallest absolute Gasteiger partial charge is 0.410 e. The number of piperidine rings is 1. The number of aromatic nitrogens is 3. The highest BCUT2D eigenvalue weighted by atomic mass is 28.3. The molecule has 1 aliphatic heterocycles. The maximum absolute atomic E-state index is 12.7. The number of carbonyl (C=O) groups excluding carboxylic acids is 1. The molecule has 3 heterocycles. The van der Waals surface area contributed by atoms with Gasteiger partial charge in [-0.1, -0.05) is 50.0 Å². The van der Waals surface area contributed by atoms with Gasteiger partial charge >= 0.3 is 6.09 Å². The maximum Gasteiger partial charge on any atom is 0.410 e. The largest absolute Gasteiger partial charge is 0.445 e. The van der Waals surface area contributed by atoms with E-state index in [1.165, 1.54) is 0 Å². The SMILES string of the molecule is CN(C(=O)OCc1ccccc1)[C@@H]1C[C@@H]2C[C@H]1CN2c1cnc2c(ccn2COCC[Si](C)(C)C)n1. The fourth-order valence-corrected chi connectivity index (χ4v) is 6.13. The molecule has 8 nitrogen and oxygen atoms in total. The molecule has 3 aromatic rings. The van der Waals surface area contributed by atoms with Crippen LogP contribution in [0.4, 0.5) is 10.6 Å². The third-order valence-electron chi connectivity index (χ3n) is 7.47. The summed E-state index contributed by atoms with van der Waals surface area (Å²) in [5, 5.41) is 0. The minimum Gasteiger partial charge on any atom is -0.445 e. The van der Waals surface area contributed by atoms with E-state index < -0.39 is 8.07 Å². The van der Waals surface area contributed by atoms with Gasteiger partial charge in [-0.05, 0) is 36.4 Å². The Bertz CT molecular complexity index is 1200. The van der Waals surface area contributed by atoms with Gasteiger partial charge in [0, 0.05) is 46.6 Å². The average molecular weight is 508 g/mol. The zero-order valence-corrected chi connectivity index (χ0v) is 22.8. The molecule has 9 heteroatoms. The summed E-state index contributed by atoms with van der Waals surface area (Å²) < 4.78 is 13.5. The molecule has 36 heavy (non-hydrogen) atoms. The second-order valence-corrected chi connectivity index (χ2v) is 16.9. The quantitative estimate of drug-likeness (QED) is 0.300. The molecule has 2 aliphatic rings. The van der Waals surface area contributed by atoms with Crippen molar-refractivity contribution >= 4 is 31.1 Å². The molecule has 1 amide bonds. The highest BCUT2D eigenvalue weighted by molar-refractivity contribution is 6.76. The fraction of sp³-hybridized carbons (Fsp3) is 0.519. The lowest BCUT2D eigenvalue weighted by Gasteiger charge is -2.36. The number of carbonyl (C=O) groups is 1. The Balaban J connectivity index is 1.16. The molecular formula is C27H37N5O3Si. The first kappa shape index (κ1) is 24.8. The van der Waals surface area contributed by atoms with Gasteiger partial charge < -0.3 is 23.8 Å². The number of nitrogens with zero attached hydrogens (tertiary/aromatic N) is 5. The van der Waals surface area contributed by atoms with E-state index in [4.69, 9.17) is 19.4 Å². The first-order valence-electron chi connectivity index (χ1n) is 12.9. The second-order valence-electron chi connectivity index (χ2n) is 11.3. The van der Waals surface area contributed by atoms with Crippen LogP contribution in [-0.2, 0) is 22.8 Å². The third-order valence-corrected chi connectivity index (χ3v) is 9.17. The normalized spacial score (nSPS) is 21.3. The summed E-state index contributed by atoms with van der Waals surface area (Å²) in [6, 6.07) is 13.5. The summed E-state index contributed by atoms with van der Waals surface area (Å²) in [5.74, 6) is 1.33. The number of fused-ring (bicyclic) bond motifs is 3. The number of anilines is 1. The average Bonchev–Trinajstić information content (AvgIpc) is 3.59. The summed E-state index contributed by atoms with van der Waals surface area (Å²) in [6.07, 6.45) is 5.62. The second kappa shape index (κ2) is 10.2. The van der Waals surface area contributed by atoms with Gasteiger partial charge in [0.25, 0.3) is 0 Å². The highest BCUT2D eigenvalue weighted by Crippen LogP contribution is 2.42. The molecule has 2 bridgehead atoms. The van der Waals surface area contributed by atoms with E-state index >= 15 is 0 Å². The predicted octanol–water partition coefficient (Wildman–Crippen LogP) is 4.98. The number of amides is 1. The summed E-state index contributed by atoms with van der Waals surface area (Å²) >= 11 is 0. The zero-order valence-electron chi connectivity index (χ0n) is 21.8. The summed E-state index contributed by atoms with van der Waals surface area (Å²) in [4.78, 5) is 26.5. The molecule has 0 spiro atoms. The Hall–Kier alpha value is -2.91. The maximum atomic E-state index is 12.7. The van der Waals surface area contributed by atoms with Crippen molar-refractivity contribution in [2.24, 2.45) is 5.92 Å². The van der Waals surface area contributed by atoms with Crippen LogP contribution in [0.15, 0.2) is 48.8 Å². The van der Waals surface area contributed by atoms with E-state index in [0.717, 1.165) is 54.6 Å². The summed E-state index contributed by atoms with van der Waals surface area (Å²) in [6.45, 7) is 9.55. The van der Waals surface area contributed by atoms with Gasteiger partial charge in [0.05, 0.1) is 6.20 Å². The number of ether oxygens (including phenoxy) is 2. The van der Waals surface area contributed by atoms with Gasteiger partial charge in [-0.25, -0.2) is 14.8 Å². The van der Waals surface area contributed by atoms with Crippen molar-refractivity contribution in [3.8, 4) is 0 Å². The number of hydrogen-bond donors (Lipinski definition) is 0. The van der Waals surface area contributed by atoms with Crippen molar-refractivity contribution in [1.29, 1.82) is 0 Å². The van der Waals surface area contributed by atoms with Gasteiger partial charge in [0.15, 0.2) is 5.65 Å². The highest BCUT2D eigenvalue weighted by Gasteiger charge is 2.48. The predicted molar refractivity (Wildman–Crippen MR) is 144 cm³/mol.